The van der Waals surface area contributed by atoms with Crippen LogP contribution in [-0.4, -0.2) is 40.6 Å². The Morgan fingerprint density at radius 1 is 1.08 bits per heavy atom. The minimum atomic E-state index is -2.78. The smallest absolute Gasteiger partial charge is 0.282 e. The number of nitrogens with zero attached hydrogens (tertiary/aromatic N) is 2. The fourth-order valence-corrected chi connectivity index (χ4v) is 5.46. The molecule has 0 aliphatic carbocycles. The van der Waals surface area contributed by atoms with Crippen molar-refractivity contribution in [2.24, 2.45) is 0 Å². The number of alkyl halides is 2. The molecule has 1 saturated heterocycles. The molecule has 1 fully saturated rings. The van der Waals surface area contributed by atoms with Gasteiger partial charge in [0.05, 0.1) is 13.1 Å². The van der Waals surface area contributed by atoms with Gasteiger partial charge in [-0.25, -0.2) is 13.8 Å². The van der Waals surface area contributed by atoms with Gasteiger partial charge in [0.1, 0.15) is 5.82 Å². The maximum absolute atomic E-state index is 13.1. The molecular formula is C29H25F2N3O2S. The molecule has 1 amide bonds. The van der Waals surface area contributed by atoms with E-state index in [2.05, 4.69) is 30.1 Å². The van der Waals surface area contributed by atoms with Crippen LogP contribution in [0.5, 0.6) is 0 Å². The topological polar surface area (TPSA) is 76.3 Å². The molecular weight excluding hydrogens is 492 g/mol. The molecule has 2 aromatic heterocycles. The number of hydrogen-bond acceptors (Lipinski definition) is 5. The maximum Gasteiger partial charge on any atom is 0.282 e. The van der Waals surface area contributed by atoms with Gasteiger partial charge in [0.2, 0.25) is 0 Å². The van der Waals surface area contributed by atoms with Gasteiger partial charge in [0.25, 0.3) is 11.8 Å². The van der Waals surface area contributed by atoms with Crippen LogP contribution in [-0.2, 0) is 11.2 Å². The molecule has 0 spiro atoms. The molecule has 37 heavy (non-hydrogen) atoms. The highest BCUT2D eigenvalue weighted by Crippen LogP contribution is 2.34. The van der Waals surface area contributed by atoms with Crippen molar-refractivity contribution in [1.29, 1.82) is 0 Å². The Bertz CT molecular complexity index is 1500. The second-order valence-electron chi connectivity index (χ2n) is 9.33. The number of pyridine rings is 1. The summed E-state index contributed by atoms with van der Waals surface area (Å²) in [4.78, 5) is 31.1. The number of likely N-dealkylation sites (tertiary alicyclic amines) is 1. The Kier molecular flexibility index (Phi) is 6.60. The lowest BCUT2D eigenvalue weighted by molar-refractivity contribution is -0.114. The summed E-state index contributed by atoms with van der Waals surface area (Å²) in [5, 5.41) is 1.11. The zero-order valence-corrected chi connectivity index (χ0v) is 21.0. The average Bonchev–Trinajstić information content (AvgIpc) is 3.29. The van der Waals surface area contributed by atoms with Crippen LogP contribution >= 0.6 is 11.3 Å². The highest BCUT2D eigenvalue weighted by Gasteiger charge is 2.46. The summed E-state index contributed by atoms with van der Waals surface area (Å²) in [7, 11) is 0. The number of anilines is 1. The molecule has 0 saturated carbocycles. The summed E-state index contributed by atoms with van der Waals surface area (Å²) < 4.78 is 27.4. The molecule has 188 valence electrons. The van der Waals surface area contributed by atoms with Crippen molar-refractivity contribution < 1.29 is 18.4 Å². The van der Waals surface area contributed by atoms with Crippen molar-refractivity contribution in [2.75, 3.05) is 18.8 Å². The molecule has 5 rings (SSSR count). The van der Waals surface area contributed by atoms with E-state index in [9.17, 15) is 18.4 Å². The molecule has 2 aromatic carbocycles. The number of rotatable bonds is 7. The number of aryl methyl sites for hydroxylation is 2. The Hall–Kier alpha value is -3.91. The minimum Gasteiger partial charge on any atom is -0.384 e. The van der Waals surface area contributed by atoms with Gasteiger partial charge in [0.15, 0.2) is 5.78 Å². The molecule has 8 heteroatoms. The van der Waals surface area contributed by atoms with Crippen molar-refractivity contribution in [3.8, 4) is 11.1 Å². The van der Waals surface area contributed by atoms with Gasteiger partial charge in [-0.2, -0.15) is 0 Å². The van der Waals surface area contributed by atoms with E-state index < -0.39 is 19.0 Å². The van der Waals surface area contributed by atoms with E-state index in [1.807, 2.05) is 18.2 Å². The van der Waals surface area contributed by atoms with Crippen molar-refractivity contribution >= 4 is 45.0 Å². The second-order valence-corrected chi connectivity index (χ2v) is 10.5. The number of aromatic nitrogens is 1. The first-order chi connectivity index (χ1) is 17.7. The van der Waals surface area contributed by atoms with Crippen LogP contribution in [0, 0.1) is 6.92 Å². The number of fused-ring (bicyclic) bond motifs is 1. The van der Waals surface area contributed by atoms with Gasteiger partial charge >= 0.3 is 0 Å². The number of ketones is 1. The zero-order chi connectivity index (χ0) is 26.2. The minimum absolute atomic E-state index is 0.0447. The fourth-order valence-electron chi connectivity index (χ4n) is 4.35. The van der Waals surface area contributed by atoms with Gasteiger partial charge in [-0.1, -0.05) is 12.1 Å². The summed E-state index contributed by atoms with van der Waals surface area (Å²) >= 11 is 1.69. The molecule has 0 bridgehead atoms. The van der Waals surface area contributed by atoms with E-state index >= 15 is 0 Å². The number of allylic oxidation sites excluding steroid dienone is 1. The zero-order valence-electron chi connectivity index (χ0n) is 20.2. The maximum atomic E-state index is 13.1. The summed E-state index contributed by atoms with van der Waals surface area (Å²) in [5.41, 5.74) is 9.91. The summed E-state index contributed by atoms with van der Waals surface area (Å²) in [6, 6.07) is 16.9. The number of benzene rings is 2. The number of nitrogen functional groups attached to an aromatic ring is 1. The van der Waals surface area contributed by atoms with Gasteiger partial charge in [-0.15, -0.1) is 11.3 Å². The largest absolute Gasteiger partial charge is 0.384 e. The highest BCUT2D eigenvalue weighted by atomic mass is 32.1. The normalized spacial score (nSPS) is 14.7. The molecule has 0 atom stereocenters. The first-order valence-corrected chi connectivity index (χ1v) is 12.7. The molecule has 0 radical (unpaired) electrons. The third-order valence-corrected chi connectivity index (χ3v) is 7.68. The number of amides is 1. The van der Waals surface area contributed by atoms with Crippen LogP contribution in [0.3, 0.4) is 0 Å². The van der Waals surface area contributed by atoms with E-state index in [1.165, 1.54) is 4.70 Å². The lowest BCUT2D eigenvalue weighted by Gasteiger charge is -2.38. The van der Waals surface area contributed by atoms with Crippen LogP contribution in [0.1, 0.15) is 32.8 Å². The summed E-state index contributed by atoms with van der Waals surface area (Å²) in [5.74, 6) is -2.67. The third kappa shape index (κ3) is 5.59. The number of halogens is 2. The molecule has 4 aromatic rings. The Morgan fingerprint density at radius 3 is 2.51 bits per heavy atom. The van der Waals surface area contributed by atoms with Gasteiger partial charge in [0, 0.05) is 27.8 Å². The molecule has 1 aliphatic rings. The lowest BCUT2D eigenvalue weighted by atomic mass is 9.99. The number of carbonyl (C=O) groups is 2. The molecule has 2 N–H and O–H groups in total. The number of carbonyl (C=O) groups excluding carboxylic acids is 2. The van der Waals surface area contributed by atoms with Crippen molar-refractivity contribution in [3.63, 3.8) is 0 Å². The van der Waals surface area contributed by atoms with Crippen LogP contribution in [0.4, 0.5) is 14.6 Å². The third-order valence-electron chi connectivity index (χ3n) is 6.34. The van der Waals surface area contributed by atoms with E-state index in [0.29, 0.717) is 24.2 Å². The van der Waals surface area contributed by atoms with Gasteiger partial charge in [-0.05, 0) is 95.6 Å². The van der Waals surface area contributed by atoms with Crippen LogP contribution in [0.2, 0.25) is 0 Å². The van der Waals surface area contributed by atoms with Gasteiger partial charge in [-0.3, -0.25) is 9.59 Å². The van der Waals surface area contributed by atoms with E-state index in [0.717, 1.165) is 37.4 Å². The Morgan fingerprint density at radius 2 is 1.84 bits per heavy atom. The van der Waals surface area contributed by atoms with Crippen molar-refractivity contribution in [3.05, 3.63) is 88.4 Å². The predicted octanol–water partition coefficient (Wildman–Crippen LogP) is 6.16. The number of thiophene rings is 1. The molecule has 3 heterocycles. The SMILES string of the molecule is Cc1cc(-c2ccc(C(=O)N3CC(F)(F)C3)cc2)cc2cc(CCC(=O)/C=C/c3ccc(N)nc3)sc12. The first kappa shape index (κ1) is 24.8. The monoisotopic (exact) mass is 517 g/mol. The Balaban J connectivity index is 1.25. The van der Waals surface area contributed by atoms with Gasteiger partial charge < -0.3 is 10.6 Å². The van der Waals surface area contributed by atoms with E-state index in [4.69, 9.17) is 5.73 Å². The summed E-state index contributed by atoms with van der Waals surface area (Å²) in [6.07, 6.45) is 6.02. The fraction of sp³-hybridized carbons (Fsp3) is 0.207. The second kappa shape index (κ2) is 9.86. The quantitative estimate of drug-likeness (QED) is 0.298. The van der Waals surface area contributed by atoms with E-state index in [-0.39, 0.29) is 11.7 Å². The van der Waals surface area contributed by atoms with Crippen LogP contribution in [0.15, 0.2) is 66.9 Å². The highest BCUT2D eigenvalue weighted by molar-refractivity contribution is 7.19. The van der Waals surface area contributed by atoms with Crippen molar-refractivity contribution in [2.45, 2.75) is 25.7 Å². The van der Waals surface area contributed by atoms with Crippen molar-refractivity contribution in [1.82, 2.24) is 9.88 Å². The molecule has 0 unspecified atom stereocenters. The van der Waals surface area contributed by atoms with E-state index in [1.54, 1.807) is 47.9 Å². The summed E-state index contributed by atoms with van der Waals surface area (Å²) in [6.45, 7) is 1.01. The standard InChI is InChI=1S/C29H25F2N3O2S/c1-18-12-22(20-4-6-21(7-5-20)28(36)34-16-29(30,31)17-34)13-23-14-25(37-27(18)23)10-9-24(35)8-2-19-3-11-26(32)33-15-19/h2-8,11-15H,9-10,16-17H2,1H3,(H2,32,33)/b8-2+. The van der Waals surface area contributed by atoms with Crippen LogP contribution < -0.4 is 5.73 Å². The Labute approximate surface area is 217 Å². The molecule has 1 aliphatic heterocycles. The first-order valence-electron chi connectivity index (χ1n) is 11.9. The number of nitrogens with two attached hydrogens (primary N) is 1. The van der Waals surface area contributed by atoms with Crippen LogP contribution in [0.25, 0.3) is 27.3 Å². The number of hydrogen-bond donors (Lipinski definition) is 1. The average molecular weight is 518 g/mol. The molecule has 5 nitrogen and oxygen atoms in total. The predicted molar refractivity (Wildman–Crippen MR) is 144 cm³/mol. The lowest BCUT2D eigenvalue weighted by Crippen LogP contribution is -2.58.